The maximum atomic E-state index is 11.9. The highest BCUT2D eigenvalue weighted by atomic mass is 35.5. The van der Waals surface area contributed by atoms with Gasteiger partial charge in [0.15, 0.2) is 8.32 Å². The molecule has 0 saturated heterocycles. The smallest absolute Gasteiger partial charge is 0.241 e. The van der Waals surface area contributed by atoms with Crippen LogP contribution in [0.4, 0.5) is 0 Å². The molecule has 0 rings (SSSR count). The molecule has 0 aromatic rings. The minimum absolute atomic E-state index is 0.0431. The Morgan fingerprint density at radius 1 is 1.28 bits per heavy atom. The molecule has 0 aliphatic heterocycles. The van der Waals surface area contributed by atoms with E-state index in [1.165, 1.54) is 0 Å². The standard InChI is InChI=1S/C19H37ClN2O2Si/c1-14(2)17(21)18(23)22-13-9-10-16(12-11-15(3)20)24-25(7,8)19(4,5)6/h9,11,13-14,16-17H,10,12,21H2,1-8H3,(H,22,23)/b13-9-,15-11+/t16-,17+/m1/s1. The Morgan fingerprint density at radius 2 is 1.84 bits per heavy atom. The van der Waals surface area contributed by atoms with Gasteiger partial charge in [0.05, 0.1) is 12.1 Å². The molecule has 2 atom stereocenters. The highest BCUT2D eigenvalue weighted by Gasteiger charge is 2.38. The van der Waals surface area contributed by atoms with Crippen molar-refractivity contribution in [2.75, 3.05) is 0 Å². The zero-order chi connectivity index (χ0) is 19.8. The van der Waals surface area contributed by atoms with E-state index in [2.05, 4.69) is 39.2 Å². The largest absolute Gasteiger partial charge is 0.413 e. The lowest BCUT2D eigenvalue weighted by atomic mass is 10.1. The number of nitrogens with one attached hydrogen (secondary N) is 1. The summed E-state index contributed by atoms with van der Waals surface area (Å²) in [7, 11) is -1.87. The predicted octanol–water partition coefficient (Wildman–Crippen LogP) is 4.91. The van der Waals surface area contributed by atoms with Crippen molar-refractivity contribution in [2.45, 2.75) is 84.7 Å². The van der Waals surface area contributed by atoms with Crippen LogP contribution >= 0.6 is 11.6 Å². The van der Waals surface area contributed by atoms with E-state index in [-0.39, 0.29) is 23.0 Å². The normalized spacial score (nSPS) is 16.4. The third-order valence-corrected chi connectivity index (χ3v) is 9.38. The molecular formula is C19H37ClN2O2Si. The predicted molar refractivity (Wildman–Crippen MR) is 111 cm³/mol. The van der Waals surface area contributed by atoms with Gasteiger partial charge in [0.25, 0.3) is 0 Å². The van der Waals surface area contributed by atoms with Gasteiger partial charge in [-0.1, -0.05) is 58.4 Å². The lowest BCUT2D eigenvalue weighted by Gasteiger charge is -2.39. The van der Waals surface area contributed by atoms with Gasteiger partial charge in [0.2, 0.25) is 5.91 Å². The average Bonchev–Trinajstić information content (AvgIpc) is 2.46. The molecule has 0 unspecified atom stereocenters. The number of halogens is 1. The van der Waals surface area contributed by atoms with Gasteiger partial charge in [0.1, 0.15) is 0 Å². The maximum Gasteiger partial charge on any atom is 0.241 e. The van der Waals surface area contributed by atoms with E-state index in [9.17, 15) is 4.79 Å². The number of nitrogens with two attached hydrogens (primary N) is 1. The molecule has 0 heterocycles. The molecular weight excluding hydrogens is 352 g/mol. The number of rotatable bonds is 9. The lowest BCUT2D eigenvalue weighted by Crippen LogP contribution is -2.44. The lowest BCUT2D eigenvalue weighted by molar-refractivity contribution is -0.122. The summed E-state index contributed by atoms with van der Waals surface area (Å²) in [4.78, 5) is 11.9. The molecule has 0 saturated carbocycles. The first-order valence-corrected chi connectivity index (χ1v) is 12.3. The van der Waals surface area contributed by atoms with E-state index in [4.69, 9.17) is 21.8 Å². The number of carbonyl (C=O) groups excluding carboxylic acids is 1. The Bertz CT molecular complexity index is 478. The molecule has 0 aliphatic carbocycles. The zero-order valence-electron chi connectivity index (χ0n) is 17.2. The molecule has 0 aromatic carbocycles. The minimum Gasteiger partial charge on any atom is -0.413 e. The van der Waals surface area contributed by atoms with Crippen LogP contribution in [0, 0.1) is 5.92 Å². The molecule has 6 heteroatoms. The van der Waals surface area contributed by atoms with E-state index < -0.39 is 14.4 Å². The van der Waals surface area contributed by atoms with Crippen molar-refractivity contribution < 1.29 is 9.22 Å². The van der Waals surface area contributed by atoms with Crippen LogP contribution in [-0.2, 0) is 9.22 Å². The Hall–Kier alpha value is -0.623. The van der Waals surface area contributed by atoms with Gasteiger partial charge in [0, 0.05) is 5.03 Å². The fourth-order valence-corrected chi connectivity index (χ4v) is 3.31. The molecule has 0 aliphatic rings. The number of hydrogen-bond donors (Lipinski definition) is 2. The van der Waals surface area contributed by atoms with Gasteiger partial charge >= 0.3 is 0 Å². The molecule has 0 fully saturated rings. The first-order chi connectivity index (χ1) is 11.3. The van der Waals surface area contributed by atoms with Gasteiger partial charge in [-0.05, 0) is 50.0 Å². The summed E-state index contributed by atoms with van der Waals surface area (Å²) >= 11 is 5.98. The van der Waals surface area contributed by atoms with E-state index >= 15 is 0 Å². The van der Waals surface area contributed by atoms with Gasteiger partial charge in [-0.25, -0.2) is 0 Å². The van der Waals surface area contributed by atoms with Crippen molar-refractivity contribution in [3.63, 3.8) is 0 Å². The van der Waals surface area contributed by atoms with E-state index in [0.717, 1.165) is 11.5 Å². The highest BCUT2D eigenvalue weighted by molar-refractivity contribution is 6.74. The Morgan fingerprint density at radius 3 is 2.28 bits per heavy atom. The van der Waals surface area contributed by atoms with Crippen LogP contribution in [0.25, 0.3) is 0 Å². The molecule has 0 bridgehead atoms. The summed E-state index contributed by atoms with van der Waals surface area (Å²) in [5.41, 5.74) is 5.83. The topological polar surface area (TPSA) is 64.4 Å². The first-order valence-electron chi connectivity index (χ1n) is 8.99. The van der Waals surface area contributed by atoms with Crippen LogP contribution in [-0.4, -0.2) is 26.4 Å². The second-order valence-corrected chi connectivity index (χ2v) is 13.8. The van der Waals surface area contributed by atoms with Crippen LogP contribution in [0.2, 0.25) is 18.1 Å². The average molecular weight is 389 g/mol. The van der Waals surface area contributed by atoms with E-state index in [0.29, 0.717) is 6.42 Å². The van der Waals surface area contributed by atoms with Gasteiger partial charge in [-0.2, -0.15) is 0 Å². The molecule has 3 N–H and O–H groups in total. The summed E-state index contributed by atoms with van der Waals surface area (Å²) in [6.07, 6.45) is 7.10. The fourth-order valence-electron chi connectivity index (χ4n) is 1.84. The SMILES string of the molecule is C/C(Cl)=C\C[C@@H](C/C=C\NC(=O)[C@@H](N)C(C)C)O[Si](C)(C)C(C)(C)C. The number of allylic oxidation sites excluding steroid dienone is 1. The Labute approximate surface area is 160 Å². The van der Waals surface area contributed by atoms with Gasteiger partial charge in [-0.15, -0.1) is 0 Å². The summed E-state index contributed by atoms with van der Waals surface area (Å²) in [6.45, 7) is 16.9. The van der Waals surface area contributed by atoms with Crippen LogP contribution in [0.1, 0.15) is 54.4 Å². The molecule has 146 valence electrons. The van der Waals surface area contributed by atoms with Crippen LogP contribution in [0.5, 0.6) is 0 Å². The van der Waals surface area contributed by atoms with Crippen molar-refractivity contribution in [3.05, 3.63) is 23.4 Å². The zero-order valence-corrected chi connectivity index (χ0v) is 18.9. The molecule has 4 nitrogen and oxygen atoms in total. The maximum absolute atomic E-state index is 11.9. The number of hydrogen-bond acceptors (Lipinski definition) is 3. The highest BCUT2D eigenvalue weighted by Crippen LogP contribution is 2.38. The summed E-state index contributed by atoms with van der Waals surface area (Å²) in [5.74, 6) is -0.0514. The van der Waals surface area contributed by atoms with Crippen molar-refractivity contribution in [2.24, 2.45) is 11.7 Å². The fraction of sp³-hybridized carbons (Fsp3) is 0.737. The van der Waals surface area contributed by atoms with Crippen molar-refractivity contribution >= 4 is 25.8 Å². The third-order valence-electron chi connectivity index (χ3n) is 4.69. The number of amides is 1. The second kappa shape index (κ2) is 10.5. The van der Waals surface area contributed by atoms with E-state index in [1.54, 1.807) is 6.20 Å². The van der Waals surface area contributed by atoms with Gasteiger partial charge in [-0.3, -0.25) is 4.79 Å². The summed E-state index contributed by atoms with van der Waals surface area (Å²) in [5, 5.41) is 3.66. The van der Waals surface area contributed by atoms with Gasteiger partial charge < -0.3 is 15.5 Å². The van der Waals surface area contributed by atoms with Crippen molar-refractivity contribution in [3.8, 4) is 0 Å². The second-order valence-electron chi connectivity index (χ2n) is 8.44. The molecule has 0 aromatic heterocycles. The van der Waals surface area contributed by atoms with Crippen LogP contribution in [0.3, 0.4) is 0 Å². The number of carbonyl (C=O) groups is 1. The molecule has 0 radical (unpaired) electrons. The molecule has 25 heavy (non-hydrogen) atoms. The third kappa shape index (κ3) is 9.59. The Kier molecular flexibility index (Phi) is 10.2. The first kappa shape index (κ1) is 24.4. The van der Waals surface area contributed by atoms with Crippen LogP contribution in [0.15, 0.2) is 23.4 Å². The van der Waals surface area contributed by atoms with Crippen molar-refractivity contribution in [1.82, 2.24) is 5.32 Å². The molecule has 0 spiro atoms. The van der Waals surface area contributed by atoms with Crippen molar-refractivity contribution in [1.29, 1.82) is 0 Å². The quantitative estimate of drug-likeness (QED) is 0.551. The van der Waals surface area contributed by atoms with Crippen LogP contribution < -0.4 is 11.1 Å². The summed E-state index contributed by atoms with van der Waals surface area (Å²) < 4.78 is 6.49. The Balaban J connectivity index is 4.83. The monoisotopic (exact) mass is 388 g/mol. The molecule has 1 amide bonds. The van der Waals surface area contributed by atoms with E-state index in [1.807, 2.05) is 32.9 Å². The minimum atomic E-state index is -1.87. The summed E-state index contributed by atoms with van der Waals surface area (Å²) in [6, 6.07) is -0.495.